The van der Waals surface area contributed by atoms with E-state index in [2.05, 4.69) is 41.0 Å². The maximum atomic E-state index is 5.71. The average molecular weight is 250 g/mol. The molecule has 2 unspecified atom stereocenters. The number of nitrogens with one attached hydrogen (secondary N) is 1. The SMILES string of the molecule is CCNc1cc(N2CC(C)OCC2CC)ncn1. The van der Waals surface area contributed by atoms with Gasteiger partial charge < -0.3 is 15.0 Å². The summed E-state index contributed by atoms with van der Waals surface area (Å²) in [7, 11) is 0. The largest absolute Gasteiger partial charge is 0.375 e. The number of morpholine rings is 1. The first-order valence-electron chi connectivity index (χ1n) is 6.68. The van der Waals surface area contributed by atoms with Crippen LogP contribution in [0.25, 0.3) is 0 Å². The highest BCUT2D eigenvalue weighted by molar-refractivity contribution is 5.49. The monoisotopic (exact) mass is 250 g/mol. The number of rotatable bonds is 4. The standard InChI is InChI=1S/C13H22N4O/c1-4-11-8-18-10(3)7-17(11)13-6-12(14-5-2)15-9-16-13/h6,9-11H,4-5,7-8H2,1-3H3,(H,14,15,16). The minimum atomic E-state index is 0.255. The number of hydrogen-bond acceptors (Lipinski definition) is 5. The highest BCUT2D eigenvalue weighted by Gasteiger charge is 2.26. The molecule has 1 aromatic rings. The third-order valence-electron chi connectivity index (χ3n) is 3.24. The van der Waals surface area contributed by atoms with Crippen molar-refractivity contribution in [1.29, 1.82) is 0 Å². The van der Waals surface area contributed by atoms with E-state index in [0.29, 0.717) is 6.04 Å². The van der Waals surface area contributed by atoms with E-state index in [0.717, 1.165) is 37.8 Å². The van der Waals surface area contributed by atoms with Gasteiger partial charge in [-0.1, -0.05) is 6.92 Å². The van der Waals surface area contributed by atoms with Crippen LogP contribution in [-0.2, 0) is 4.74 Å². The van der Waals surface area contributed by atoms with Crippen molar-refractivity contribution in [2.24, 2.45) is 0 Å². The lowest BCUT2D eigenvalue weighted by Crippen LogP contribution is -2.49. The Hall–Kier alpha value is -1.36. The first kappa shape index (κ1) is 13.1. The van der Waals surface area contributed by atoms with E-state index >= 15 is 0 Å². The van der Waals surface area contributed by atoms with Crippen molar-refractivity contribution in [3.8, 4) is 0 Å². The summed E-state index contributed by atoms with van der Waals surface area (Å²) in [6, 6.07) is 2.43. The number of ether oxygens (including phenoxy) is 1. The molecule has 1 aliphatic rings. The van der Waals surface area contributed by atoms with Gasteiger partial charge in [-0.25, -0.2) is 9.97 Å². The molecule has 0 amide bonds. The molecule has 1 fully saturated rings. The van der Waals surface area contributed by atoms with E-state index in [1.807, 2.05) is 6.07 Å². The quantitative estimate of drug-likeness (QED) is 0.884. The second-order valence-corrected chi connectivity index (χ2v) is 4.65. The van der Waals surface area contributed by atoms with Gasteiger partial charge in [0.25, 0.3) is 0 Å². The number of anilines is 2. The zero-order valence-corrected chi connectivity index (χ0v) is 11.4. The summed E-state index contributed by atoms with van der Waals surface area (Å²) >= 11 is 0. The topological polar surface area (TPSA) is 50.3 Å². The number of aromatic nitrogens is 2. The molecular weight excluding hydrogens is 228 g/mol. The second kappa shape index (κ2) is 6.00. The highest BCUT2D eigenvalue weighted by atomic mass is 16.5. The molecule has 2 atom stereocenters. The van der Waals surface area contributed by atoms with Gasteiger partial charge >= 0.3 is 0 Å². The Morgan fingerprint density at radius 1 is 1.44 bits per heavy atom. The van der Waals surface area contributed by atoms with Gasteiger partial charge in [0, 0.05) is 19.2 Å². The van der Waals surface area contributed by atoms with Gasteiger partial charge in [-0.15, -0.1) is 0 Å². The van der Waals surface area contributed by atoms with Crippen LogP contribution in [-0.4, -0.2) is 41.8 Å². The van der Waals surface area contributed by atoms with Crippen LogP contribution in [0.1, 0.15) is 27.2 Å². The Morgan fingerprint density at radius 3 is 3.00 bits per heavy atom. The summed E-state index contributed by atoms with van der Waals surface area (Å²) in [5.41, 5.74) is 0. The predicted octanol–water partition coefficient (Wildman–Crippen LogP) is 1.91. The summed E-state index contributed by atoms with van der Waals surface area (Å²) < 4.78 is 5.71. The predicted molar refractivity (Wildman–Crippen MR) is 73.0 cm³/mol. The van der Waals surface area contributed by atoms with Gasteiger partial charge in [0.2, 0.25) is 0 Å². The smallest absolute Gasteiger partial charge is 0.134 e. The molecule has 0 aliphatic carbocycles. The molecule has 0 aromatic carbocycles. The van der Waals surface area contributed by atoms with Crippen LogP contribution < -0.4 is 10.2 Å². The molecule has 1 N–H and O–H groups in total. The van der Waals surface area contributed by atoms with Crippen molar-refractivity contribution in [3.05, 3.63) is 12.4 Å². The lowest BCUT2D eigenvalue weighted by molar-refractivity contribution is 0.0296. The molecular formula is C13H22N4O. The second-order valence-electron chi connectivity index (χ2n) is 4.65. The molecule has 5 nitrogen and oxygen atoms in total. The van der Waals surface area contributed by atoms with Gasteiger partial charge in [0.15, 0.2) is 0 Å². The minimum absolute atomic E-state index is 0.255. The molecule has 0 saturated carbocycles. The normalized spacial score (nSPS) is 24.1. The van der Waals surface area contributed by atoms with Crippen LogP contribution in [0.3, 0.4) is 0 Å². The third kappa shape index (κ3) is 2.90. The van der Waals surface area contributed by atoms with Gasteiger partial charge in [-0.05, 0) is 20.3 Å². The minimum Gasteiger partial charge on any atom is -0.375 e. The van der Waals surface area contributed by atoms with Crippen LogP contribution in [0.5, 0.6) is 0 Å². The van der Waals surface area contributed by atoms with E-state index in [4.69, 9.17) is 4.74 Å². The van der Waals surface area contributed by atoms with Crippen molar-refractivity contribution in [1.82, 2.24) is 9.97 Å². The fourth-order valence-electron chi connectivity index (χ4n) is 2.24. The molecule has 18 heavy (non-hydrogen) atoms. The van der Waals surface area contributed by atoms with Crippen molar-refractivity contribution in [2.45, 2.75) is 39.3 Å². The lowest BCUT2D eigenvalue weighted by Gasteiger charge is -2.39. The lowest BCUT2D eigenvalue weighted by atomic mass is 10.1. The van der Waals surface area contributed by atoms with E-state index < -0.39 is 0 Å². The van der Waals surface area contributed by atoms with E-state index in [9.17, 15) is 0 Å². The van der Waals surface area contributed by atoms with Crippen molar-refractivity contribution >= 4 is 11.6 Å². The Morgan fingerprint density at radius 2 is 2.28 bits per heavy atom. The van der Waals surface area contributed by atoms with Crippen molar-refractivity contribution in [2.75, 3.05) is 29.9 Å². The summed E-state index contributed by atoms with van der Waals surface area (Å²) in [4.78, 5) is 10.9. The first-order valence-corrected chi connectivity index (χ1v) is 6.68. The molecule has 0 bridgehead atoms. The first-order chi connectivity index (χ1) is 8.74. The van der Waals surface area contributed by atoms with Crippen LogP contribution in [0, 0.1) is 0 Å². The van der Waals surface area contributed by atoms with Gasteiger partial charge in [0.1, 0.15) is 18.0 Å². The fourth-order valence-corrected chi connectivity index (χ4v) is 2.24. The highest BCUT2D eigenvalue weighted by Crippen LogP contribution is 2.22. The van der Waals surface area contributed by atoms with Gasteiger partial charge in [-0.2, -0.15) is 0 Å². The molecule has 1 aliphatic heterocycles. The maximum Gasteiger partial charge on any atom is 0.134 e. The summed E-state index contributed by atoms with van der Waals surface area (Å²) in [6.07, 6.45) is 2.94. The molecule has 2 heterocycles. The molecule has 2 rings (SSSR count). The van der Waals surface area contributed by atoms with E-state index in [1.54, 1.807) is 6.33 Å². The molecule has 5 heteroatoms. The molecule has 1 saturated heterocycles. The zero-order valence-electron chi connectivity index (χ0n) is 11.4. The van der Waals surface area contributed by atoms with Gasteiger partial charge in [-0.3, -0.25) is 0 Å². The van der Waals surface area contributed by atoms with Crippen LogP contribution in [0.15, 0.2) is 12.4 Å². The van der Waals surface area contributed by atoms with E-state index in [-0.39, 0.29) is 6.10 Å². The Balaban J connectivity index is 2.19. The summed E-state index contributed by atoms with van der Waals surface area (Å²) in [5, 5.41) is 3.22. The molecule has 100 valence electrons. The average Bonchev–Trinajstić information content (AvgIpc) is 2.39. The molecule has 1 aromatic heterocycles. The zero-order chi connectivity index (χ0) is 13.0. The number of hydrogen-bond donors (Lipinski definition) is 1. The Labute approximate surface area is 109 Å². The van der Waals surface area contributed by atoms with Crippen molar-refractivity contribution < 1.29 is 4.74 Å². The van der Waals surface area contributed by atoms with E-state index in [1.165, 1.54) is 0 Å². The maximum absolute atomic E-state index is 5.71. The van der Waals surface area contributed by atoms with Crippen LogP contribution >= 0.6 is 0 Å². The third-order valence-corrected chi connectivity index (χ3v) is 3.24. The van der Waals surface area contributed by atoms with Crippen LogP contribution in [0.2, 0.25) is 0 Å². The number of nitrogens with zero attached hydrogens (tertiary/aromatic N) is 3. The van der Waals surface area contributed by atoms with Crippen molar-refractivity contribution in [3.63, 3.8) is 0 Å². The molecule has 0 spiro atoms. The summed E-state index contributed by atoms with van der Waals surface area (Å²) in [5.74, 6) is 1.87. The Kier molecular flexibility index (Phi) is 4.36. The Bertz CT molecular complexity index is 385. The molecule has 0 radical (unpaired) electrons. The van der Waals surface area contributed by atoms with Gasteiger partial charge in [0.05, 0.1) is 18.8 Å². The summed E-state index contributed by atoms with van der Waals surface area (Å²) in [6.45, 7) is 8.88. The fraction of sp³-hybridized carbons (Fsp3) is 0.692. The van der Waals surface area contributed by atoms with Crippen LogP contribution in [0.4, 0.5) is 11.6 Å².